The molecule has 0 spiro atoms. The minimum absolute atomic E-state index is 0.238. The Kier molecular flexibility index (Phi) is 3.46. The molecule has 3 heteroatoms. The molecule has 1 saturated carbocycles. The molecule has 20 heavy (non-hydrogen) atoms. The van der Waals surface area contributed by atoms with Crippen LogP contribution in [0, 0.1) is 0 Å². The Morgan fingerprint density at radius 1 is 0.900 bits per heavy atom. The van der Waals surface area contributed by atoms with Crippen molar-refractivity contribution in [1.29, 1.82) is 0 Å². The predicted octanol–water partition coefficient (Wildman–Crippen LogP) is 3.64. The second-order valence-corrected chi connectivity index (χ2v) is 7.24. The molecule has 0 bridgehead atoms. The van der Waals surface area contributed by atoms with E-state index in [1.54, 1.807) is 0 Å². The molecule has 1 aromatic carbocycles. The summed E-state index contributed by atoms with van der Waals surface area (Å²) in [4.78, 5) is 0. The summed E-state index contributed by atoms with van der Waals surface area (Å²) < 4.78 is 12.2. The molecular formula is C17H25BO2. The van der Waals surface area contributed by atoms with Gasteiger partial charge in [-0.2, -0.15) is 0 Å². The van der Waals surface area contributed by atoms with E-state index in [0.717, 1.165) is 11.4 Å². The number of rotatable bonds is 2. The zero-order chi connectivity index (χ0) is 14.4. The SMILES string of the molecule is CC1(C)OB(c2ccc(C3CCCC3)cc2)OC1(C)C. The lowest BCUT2D eigenvalue weighted by Gasteiger charge is -2.32. The maximum Gasteiger partial charge on any atom is 0.494 e. The smallest absolute Gasteiger partial charge is 0.399 e. The summed E-state index contributed by atoms with van der Waals surface area (Å²) in [6, 6.07) is 8.87. The van der Waals surface area contributed by atoms with Gasteiger partial charge in [0.2, 0.25) is 0 Å². The van der Waals surface area contributed by atoms with Crippen molar-refractivity contribution in [1.82, 2.24) is 0 Å². The van der Waals surface area contributed by atoms with Crippen LogP contribution in [0.4, 0.5) is 0 Å². The van der Waals surface area contributed by atoms with Gasteiger partial charge in [-0.1, -0.05) is 37.1 Å². The average Bonchev–Trinajstić information content (AvgIpc) is 2.97. The van der Waals surface area contributed by atoms with Crippen molar-refractivity contribution in [2.75, 3.05) is 0 Å². The van der Waals surface area contributed by atoms with Gasteiger partial charge in [0.25, 0.3) is 0 Å². The zero-order valence-corrected chi connectivity index (χ0v) is 13.1. The third-order valence-corrected chi connectivity index (χ3v) is 5.29. The van der Waals surface area contributed by atoms with Crippen molar-refractivity contribution < 1.29 is 9.31 Å². The molecule has 0 amide bonds. The molecule has 3 rings (SSSR count). The van der Waals surface area contributed by atoms with Crippen LogP contribution in [0.15, 0.2) is 24.3 Å². The lowest BCUT2D eigenvalue weighted by Crippen LogP contribution is -2.41. The van der Waals surface area contributed by atoms with Crippen LogP contribution in [-0.4, -0.2) is 18.3 Å². The van der Waals surface area contributed by atoms with Crippen LogP contribution in [0.2, 0.25) is 0 Å². The standard InChI is InChI=1S/C17H25BO2/c1-16(2)17(3,4)20-18(19-16)15-11-9-14(10-12-15)13-7-5-6-8-13/h9-13H,5-8H2,1-4H3. The van der Waals surface area contributed by atoms with E-state index in [-0.39, 0.29) is 18.3 Å². The lowest BCUT2D eigenvalue weighted by molar-refractivity contribution is 0.00578. The van der Waals surface area contributed by atoms with Crippen molar-refractivity contribution in [3.05, 3.63) is 29.8 Å². The first kappa shape index (κ1) is 14.2. The third kappa shape index (κ3) is 2.42. The van der Waals surface area contributed by atoms with Gasteiger partial charge in [-0.3, -0.25) is 0 Å². The van der Waals surface area contributed by atoms with Crippen LogP contribution in [0.1, 0.15) is 64.9 Å². The van der Waals surface area contributed by atoms with E-state index in [4.69, 9.17) is 9.31 Å². The van der Waals surface area contributed by atoms with E-state index >= 15 is 0 Å². The second kappa shape index (κ2) is 4.89. The van der Waals surface area contributed by atoms with Gasteiger partial charge in [-0.05, 0) is 57.5 Å². The molecule has 1 aromatic rings. The molecule has 0 N–H and O–H groups in total. The normalized spacial score (nSPS) is 25.3. The summed E-state index contributed by atoms with van der Waals surface area (Å²) >= 11 is 0. The zero-order valence-electron chi connectivity index (χ0n) is 13.1. The van der Waals surface area contributed by atoms with Crippen LogP contribution in [0.25, 0.3) is 0 Å². The average molecular weight is 272 g/mol. The summed E-state index contributed by atoms with van der Waals surface area (Å²) in [5.74, 6) is 0.766. The third-order valence-electron chi connectivity index (χ3n) is 5.29. The molecule has 1 aliphatic heterocycles. The second-order valence-electron chi connectivity index (χ2n) is 7.24. The molecule has 2 fully saturated rings. The first-order valence-electron chi connectivity index (χ1n) is 7.84. The molecule has 0 unspecified atom stereocenters. The minimum atomic E-state index is -0.262. The van der Waals surface area contributed by atoms with Crippen molar-refractivity contribution in [3.8, 4) is 0 Å². The Labute approximate surface area is 123 Å². The van der Waals surface area contributed by atoms with Crippen LogP contribution in [0.3, 0.4) is 0 Å². The van der Waals surface area contributed by atoms with E-state index < -0.39 is 0 Å². The van der Waals surface area contributed by atoms with Gasteiger partial charge in [-0.25, -0.2) is 0 Å². The highest BCUT2D eigenvalue weighted by atomic mass is 16.7. The monoisotopic (exact) mass is 272 g/mol. The van der Waals surface area contributed by atoms with Gasteiger partial charge in [-0.15, -0.1) is 0 Å². The van der Waals surface area contributed by atoms with Crippen LogP contribution in [0.5, 0.6) is 0 Å². The summed E-state index contributed by atoms with van der Waals surface area (Å²) in [6.07, 6.45) is 5.44. The summed E-state index contributed by atoms with van der Waals surface area (Å²) in [6.45, 7) is 8.39. The van der Waals surface area contributed by atoms with Gasteiger partial charge in [0, 0.05) is 0 Å². The lowest BCUT2D eigenvalue weighted by atomic mass is 9.78. The quantitative estimate of drug-likeness (QED) is 0.765. The molecule has 0 atom stereocenters. The first-order chi connectivity index (χ1) is 9.39. The van der Waals surface area contributed by atoms with Gasteiger partial charge in [0.05, 0.1) is 11.2 Å². The van der Waals surface area contributed by atoms with Crippen LogP contribution >= 0.6 is 0 Å². The summed E-state index contributed by atoms with van der Waals surface area (Å²) in [5.41, 5.74) is 2.08. The largest absolute Gasteiger partial charge is 0.494 e. The Bertz CT molecular complexity index is 456. The van der Waals surface area contributed by atoms with Gasteiger partial charge < -0.3 is 9.31 Å². The van der Waals surface area contributed by atoms with Crippen LogP contribution in [-0.2, 0) is 9.31 Å². The van der Waals surface area contributed by atoms with Crippen molar-refractivity contribution in [2.24, 2.45) is 0 Å². The Balaban J connectivity index is 1.75. The molecule has 1 heterocycles. The molecule has 108 valence electrons. The number of hydrogen-bond donors (Lipinski definition) is 0. The molecular weight excluding hydrogens is 247 g/mol. The maximum absolute atomic E-state index is 6.09. The molecule has 0 aromatic heterocycles. The van der Waals surface area contributed by atoms with E-state index in [2.05, 4.69) is 52.0 Å². The molecule has 0 radical (unpaired) electrons. The Morgan fingerprint density at radius 2 is 1.40 bits per heavy atom. The molecule has 1 aliphatic carbocycles. The first-order valence-corrected chi connectivity index (χ1v) is 7.84. The van der Waals surface area contributed by atoms with Gasteiger partial charge in [0.1, 0.15) is 0 Å². The predicted molar refractivity (Wildman–Crippen MR) is 83.4 cm³/mol. The fourth-order valence-electron chi connectivity index (χ4n) is 3.16. The van der Waals surface area contributed by atoms with Crippen molar-refractivity contribution in [3.63, 3.8) is 0 Å². The van der Waals surface area contributed by atoms with E-state index in [1.165, 1.54) is 31.2 Å². The Hall–Kier alpha value is -0.795. The highest BCUT2D eigenvalue weighted by molar-refractivity contribution is 6.62. The van der Waals surface area contributed by atoms with Gasteiger partial charge >= 0.3 is 7.12 Å². The van der Waals surface area contributed by atoms with Crippen molar-refractivity contribution >= 4 is 12.6 Å². The Morgan fingerprint density at radius 3 is 1.90 bits per heavy atom. The van der Waals surface area contributed by atoms with Crippen molar-refractivity contribution in [2.45, 2.75) is 70.5 Å². The fourth-order valence-corrected chi connectivity index (χ4v) is 3.16. The molecule has 2 nitrogen and oxygen atoms in total. The van der Waals surface area contributed by atoms with E-state index in [9.17, 15) is 0 Å². The summed E-state index contributed by atoms with van der Waals surface area (Å²) in [7, 11) is -0.238. The van der Waals surface area contributed by atoms with Crippen LogP contribution < -0.4 is 5.46 Å². The summed E-state index contributed by atoms with van der Waals surface area (Å²) in [5, 5.41) is 0. The topological polar surface area (TPSA) is 18.5 Å². The van der Waals surface area contributed by atoms with E-state index in [0.29, 0.717) is 0 Å². The highest BCUT2D eigenvalue weighted by Crippen LogP contribution is 2.37. The fraction of sp³-hybridized carbons (Fsp3) is 0.647. The maximum atomic E-state index is 6.09. The molecule has 2 aliphatic rings. The highest BCUT2D eigenvalue weighted by Gasteiger charge is 2.51. The number of hydrogen-bond acceptors (Lipinski definition) is 2. The van der Waals surface area contributed by atoms with Gasteiger partial charge in [0.15, 0.2) is 0 Å². The van der Waals surface area contributed by atoms with E-state index in [1.807, 2.05) is 0 Å². The minimum Gasteiger partial charge on any atom is -0.399 e. The number of benzene rings is 1. The molecule has 1 saturated heterocycles.